The number of likely N-dealkylation sites (tertiary alicyclic amines) is 1. The van der Waals surface area contributed by atoms with Crippen LogP contribution in [-0.2, 0) is 14.4 Å². The molecule has 6 atom stereocenters. The lowest BCUT2D eigenvalue weighted by Crippen LogP contribution is -2.60. The Hall–Kier alpha value is -0.690. The number of alkyl halides is 2. The van der Waals surface area contributed by atoms with Crippen molar-refractivity contribution in [2.24, 2.45) is 29.6 Å². The highest BCUT2D eigenvalue weighted by Crippen LogP contribution is 2.42. The van der Waals surface area contributed by atoms with Crippen molar-refractivity contribution in [3.63, 3.8) is 0 Å². The third kappa shape index (κ3) is 6.50. The summed E-state index contributed by atoms with van der Waals surface area (Å²) in [5, 5.41) is 9.54. The standard InChI is InChI=1S/C25H40Cl2N2O4/c1-16(2)29-15-21(25(32)33)24(31)20-7-6-19(13-22(20)29)23(30)18-5-3-4-17(12-18)14-28(10-8-26)11-9-27/h16-22H,3-15H2,1-2H3,(H,32,33). The average molecular weight is 504 g/mol. The predicted molar refractivity (Wildman–Crippen MR) is 131 cm³/mol. The van der Waals surface area contributed by atoms with E-state index in [1.54, 1.807) is 0 Å². The monoisotopic (exact) mass is 502 g/mol. The van der Waals surface area contributed by atoms with Crippen LogP contribution in [0.2, 0.25) is 0 Å². The molecule has 0 aromatic heterocycles. The Morgan fingerprint density at radius 1 is 1.06 bits per heavy atom. The summed E-state index contributed by atoms with van der Waals surface area (Å²) in [6.07, 6.45) is 6.12. The van der Waals surface area contributed by atoms with Gasteiger partial charge in [0.05, 0.1) is 0 Å². The molecule has 0 radical (unpaired) electrons. The first kappa shape index (κ1) is 26.9. The highest BCUT2D eigenvalue weighted by atomic mass is 35.5. The molecule has 8 heteroatoms. The summed E-state index contributed by atoms with van der Waals surface area (Å²) in [6, 6.07) is 0.133. The first-order chi connectivity index (χ1) is 15.8. The van der Waals surface area contributed by atoms with E-state index in [0.717, 1.165) is 45.3 Å². The van der Waals surface area contributed by atoms with Crippen molar-refractivity contribution < 1.29 is 19.5 Å². The number of carbonyl (C=O) groups is 3. The van der Waals surface area contributed by atoms with Crippen LogP contribution >= 0.6 is 23.2 Å². The number of aliphatic carboxylic acids is 1. The van der Waals surface area contributed by atoms with E-state index in [2.05, 4.69) is 23.6 Å². The summed E-state index contributed by atoms with van der Waals surface area (Å²) in [4.78, 5) is 42.6. The van der Waals surface area contributed by atoms with E-state index in [0.29, 0.717) is 42.7 Å². The molecule has 0 bridgehead atoms. The fourth-order valence-corrected chi connectivity index (χ4v) is 7.02. The Morgan fingerprint density at radius 2 is 1.73 bits per heavy atom. The quantitative estimate of drug-likeness (QED) is 0.360. The Labute approximate surface area is 208 Å². The van der Waals surface area contributed by atoms with Gasteiger partial charge in [0.15, 0.2) is 5.78 Å². The van der Waals surface area contributed by atoms with Crippen LogP contribution in [-0.4, -0.2) is 82.5 Å². The van der Waals surface area contributed by atoms with Crippen molar-refractivity contribution in [3.05, 3.63) is 0 Å². The first-order valence-electron chi connectivity index (χ1n) is 12.7. The molecule has 1 N–H and O–H groups in total. The normalized spacial score (nSPS) is 33.3. The number of Topliss-reactive ketones (excluding diaryl/α,β-unsaturated/α-hetero) is 2. The minimum Gasteiger partial charge on any atom is -0.481 e. The van der Waals surface area contributed by atoms with Crippen molar-refractivity contribution in [2.45, 2.75) is 70.9 Å². The largest absolute Gasteiger partial charge is 0.481 e. The Bertz CT molecular complexity index is 698. The fourth-order valence-electron chi connectivity index (χ4n) is 6.54. The number of fused-ring (bicyclic) bond motifs is 1. The molecule has 6 unspecified atom stereocenters. The van der Waals surface area contributed by atoms with Crippen molar-refractivity contribution in [1.29, 1.82) is 0 Å². The molecule has 2 saturated carbocycles. The molecule has 2 aliphatic carbocycles. The lowest BCUT2D eigenvalue weighted by atomic mass is 9.66. The van der Waals surface area contributed by atoms with Crippen LogP contribution in [0.25, 0.3) is 0 Å². The van der Waals surface area contributed by atoms with Crippen LogP contribution < -0.4 is 0 Å². The molecule has 33 heavy (non-hydrogen) atoms. The molecule has 188 valence electrons. The molecule has 0 spiro atoms. The number of nitrogens with zero attached hydrogens (tertiary/aromatic N) is 2. The maximum atomic E-state index is 13.6. The van der Waals surface area contributed by atoms with E-state index in [1.165, 1.54) is 0 Å². The predicted octanol–water partition coefficient (Wildman–Crippen LogP) is 3.92. The SMILES string of the molecule is CC(C)N1CC(C(=O)O)C(=O)C2CCC(C(=O)C3CCCC(CN(CCCl)CCCl)C3)CC21. The Balaban J connectivity index is 1.64. The highest BCUT2D eigenvalue weighted by Gasteiger charge is 2.49. The van der Waals surface area contributed by atoms with E-state index >= 15 is 0 Å². The maximum Gasteiger partial charge on any atom is 0.315 e. The second kappa shape index (κ2) is 12.3. The smallest absolute Gasteiger partial charge is 0.315 e. The molecule has 0 aromatic carbocycles. The molecule has 1 saturated heterocycles. The number of carboxylic acid groups (broad SMARTS) is 1. The molecule has 3 aliphatic rings. The molecular formula is C25H40Cl2N2O4. The zero-order chi connectivity index (χ0) is 24.1. The number of halogens is 2. The Morgan fingerprint density at radius 3 is 2.33 bits per heavy atom. The van der Waals surface area contributed by atoms with E-state index in [-0.39, 0.29) is 42.2 Å². The number of hydrogen-bond acceptors (Lipinski definition) is 5. The number of carboxylic acids is 1. The van der Waals surface area contributed by atoms with Gasteiger partial charge in [-0.1, -0.05) is 6.42 Å². The van der Waals surface area contributed by atoms with Crippen LogP contribution in [0.4, 0.5) is 0 Å². The molecule has 6 nitrogen and oxygen atoms in total. The van der Waals surface area contributed by atoms with E-state index in [1.807, 2.05) is 0 Å². The molecule has 3 rings (SSSR count). The van der Waals surface area contributed by atoms with Gasteiger partial charge >= 0.3 is 5.97 Å². The second-order valence-electron chi connectivity index (χ2n) is 10.6. The van der Waals surface area contributed by atoms with Gasteiger partial charge in [-0.2, -0.15) is 0 Å². The lowest BCUT2D eigenvalue weighted by molar-refractivity contribution is -0.156. The van der Waals surface area contributed by atoms with Gasteiger partial charge in [-0.25, -0.2) is 0 Å². The average Bonchev–Trinajstić information content (AvgIpc) is 2.78. The van der Waals surface area contributed by atoms with Crippen LogP contribution in [0.5, 0.6) is 0 Å². The summed E-state index contributed by atoms with van der Waals surface area (Å²) < 4.78 is 0. The van der Waals surface area contributed by atoms with Crippen molar-refractivity contribution >= 4 is 40.7 Å². The van der Waals surface area contributed by atoms with Gasteiger partial charge in [0.1, 0.15) is 11.7 Å². The van der Waals surface area contributed by atoms with E-state index in [4.69, 9.17) is 23.2 Å². The van der Waals surface area contributed by atoms with Gasteiger partial charge in [-0.05, 0) is 58.3 Å². The number of rotatable bonds is 10. The van der Waals surface area contributed by atoms with Crippen molar-refractivity contribution in [2.75, 3.05) is 37.9 Å². The molecule has 0 aromatic rings. The Kier molecular flexibility index (Phi) is 10.0. The van der Waals surface area contributed by atoms with Crippen molar-refractivity contribution in [1.82, 2.24) is 9.80 Å². The zero-order valence-corrected chi connectivity index (χ0v) is 21.6. The zero-order valence-electron chi connectivity index (χ0n) is 20.1. The molecule has 3 fully saturated rings. The topological polar surface area (TPSA) is 77.9 Å². The van der Waals surface area contributed by atoms with Crippen LogP contribution in [0.3, 0.4) is 0 Å². The van der Waals surface area contributed by atoms with Gasteiger partial charge in [0.25, 0.3) is 0 Å². The van der Waals surface area contributed by atoms with Crippen LogP contribution in [0.15, 0.2) is 0 Å². The number of piperidine rings is 1. The number of hydrogen-bond donors (Lipinski definition) is 1. The summed E-state index contributed by atoms with van der Waals surface area (Å²) in [6.45, 7) is 6.96. The van der Waals surface area contributed by atoms with Gasteiger partial charge in [0.2, 0.25) is 0 Å². The van der Waals surface area contributed by atoms with Gasteiger partial charge in [-0.3, -0.25) is 19.3 Å². The van der Waals surface area contributed by atoms with Gasteiger partial charge in [0, 0.05) is 67.8 Å². The van der Waals surface area contributed by atoms with Crippen LogP contribution in [0, 0.1) is 29.6 Å². The fraction of sp³-hybridized carbons (Fsp3) is 0.880. The van der Waals surface area contributed by atoms with Gasteiger partial charge < -0.3 is 10.0 Å². The number of carbonyl (C=O) groups excluding carboxylic acids is 2. The molecule has 1 heterocycles. The van der Waals surface area contributed by atoms with E-state index < -0.39 is 11.9 Å². The van der Waals surface area contributed by atoms with Crippen LogP contribution in [0.1, 0.15) is 58.8 Å². The number of ketones is 2. The first-order valence-corrected chi connectivity index (χ1v) is 13.7. The summed E-state index contributed by atoms with van der Waals surface area (Å²) in [5.74, 6) is -0.237. The summed E-state index contributed by atoms with van der Waals surface area (Å²) in [5.41, 5.74) is 0. The minimum atomic E-state index is -1.02. The maximum absolute atomic E-state index is 13.6. The van der Waals surface area contributed by atoms with Crippen molar-refractivity contribution in [3.8, 4) is 0 Å². The second-order valence-corrected chi connectivity index (χ2v) is 11.3. The minimum absolute atomic E-state index is 0.0156. The third-order valence-electron chi connectivity index (χ3n) is 8.21. The molecule has 1 aliphatic heterocycles. The highest BCUT2D eigenvalue weighted by molar-refractivity contribution is 6.18. The van der Waals surface area contributed by atoms with Gasteiger partial charge in [-0.15, -0.1) is 23.2 Å². The lowest BCUT2D eigenvalue weighted by Gasteiger charge is -2.49. The molecule has 0 amide bonds. The summed E-state index contributed by atoms with van der Waals surface area (Å²) >= 11 is 11.9. The summed E-state index contributed by atoms with van der Waals surface area (Å²) in [7, 11) is 0. The third-order valence-corrected chi connectivity index (χ3v) is 8.55. The van der Waals surface area contributed by atoms with E-state index in [9.17, 15) is 19.5 Å². The molecular weight excluding hydrogens is 463 g/mol.